The first kappa shape index (κ1) is 13.2. The van der Waals surface area contributed by atoms with Crippen molar-refractivity contribution in [3.8, 4) is 5.75 Å². The number of aryl methyl sites for hydroxylation is 1. The summed E-state index contributed by atoms with van der Waals surface area (Å²) in [5, 5.41) is 6.97. The van der Waals surface area contributed by atoms with Crippen LogP contribution in [0.3, 0.4) is 0 Å². The first-order chi connectivity index (χ1) is 10.3. The highest BCUT2D eigenvalue weighted by molar-refractivity contribution is 5.99. The molecule has 0 aliphatic heterocycles. The molecule has 0 radical (unpaired) electrons. The van der Waals surface area contributed by atoms with Crippen molar-refractivity contribution in [2.24, 2.45) is 7.05 Å². The standard InChI is InChI=1S/C15H16N4O2/c1-18-8-9-19-15(18)13(11-17-19)14(20)16-7-10-21-12-5-3-2-4-6-12/h2-6,8-9,11H,7,10H2,1H3,(H,16,20). The smallest absolute Gasteiger partial charge is 0.256 e. The number of para-hydroxylation sites is 1. The van der Waals surface area contributed by atoms with E-state index in [1.54, 1.807) is 10.7 Å². The third-order valence-electron chi connectivity index (χ3n) is 3.18. The topological polar surface area (TPSA) is 60.6 Å². The molecule has 2 aromatic heterocycles. The molecular weight excluding hydrogens is 268 g/mol. The third kappa shape index (κ3) is 2.74. The highest BCUT2D eigenvalue weighted by atomic mass is 16.5. The van der Waals surface area contributed by atoms with Gasteiger partial charge in [0.25, 0.3) is 5.91 Å². The van der Waals surface area contributed by atoms with Crippen LogP contribution in [0.1, 0.15) is 10.4 Å². The zero-order chi connectivity index (χ0) is 14.7. The maximum atomic E-state index is 12.1. The van der Waals surface area contributed by atoms with E-state index in [1.165, 1.54) is 0 Å². The third-order valence-corrected chi connectivity index (χ3v) is 3.18. The summed E-state index contributed by atoms with van der Waals surface area (Å²) < 4.78 is 9.07. The second kappa shape index (κ2) is 5.70. The van der Waals surface area contributed by atoms with Crippen molar-refractivity contribution in [1.82, 2.24) is 19.5 Å². The van der Waals surface area contributed by atoms with Crippen molar-refractivity contribution in [3.05, 3.63) is 54.5 Å². The highest BCUT2D eigenvalue weighted by Gasteiger charge is 2.14. The highest BCUT2D eigenvalue weighted by Crippen LogP contribution is 2.10. The number of ether oxygens (including phenoxy) is 1. The number of nitrogens with one attached hydrogen (secondary N) is 1. The number of amides is 1. The van der Waals surface area contributed by atoms with Gasteiger partial charge in [0, 0.05) is 19.4 Å². The Kier molecular flexibility index (Phi) is 3.59. The Morgan fingerprint density at radius 1 is 1.29 bits per heavy atom. The van der Waals surface area contributed by atoms with Crippen LogP contribution < -0.4 is 10.1 Å². The molecule has 0 atom stereocenters. The van der Waals surface area contributed by atoms with Crippen molar-refractivity contribution < 1.29 is 9.53 Å². The van der Waals surface area contributed by atoms with Crippen molar-refractivity contribution in [3.63, 3.8) is 0 Å². The molecule has 1 aromatic carbocycles. The summed E-state index contributed by atoms with van der Waals surface area (Å²) in [4.78, 5) is 12.1. The fraction of sp³-hybridized carbons (Fsp3) is 0.200. The number of hydrogen-bond acceptors (Lipinski definition) is 3. The molecule has 0 saturated carbocycles. The number of hydrogen-bond donors (Lipinski definition) is 1. The van der Waals surface area contributed by atoms with Gasteiger partial charge in [-0.1, -0.05) is 18.2 Å². The molecule has 0 unspecified atom stereocenters. The number of carbonyl (C=O) groups excluding carboxylic acids is 1. The quantitative estimate of drug-likeness (QED) is 0.722. The molecule has 0 aliphatic carbocycles. The lowest BCUT2D eigenvalue weighted by Crippen LogP contribution is -2.28. The Morgan fingerprint density at radius 2 is 2.10 bits per heavy atom. The molecule has 6 nitrogen and oxygen atoms in total. The van der Waals surface area contributed by atoms with Gasteiger partial charge >= 0.3 is 0 Å². The lowest BCUT2D eigenvalue weighted by atomic mass is 10.3. The molecule has 1 N–H and O–H groups in total. The summed E-state index contributed by atoms with van der Waals surface area (Å²) in [6.07, 6.45) is 5.24. The lowest BCUT2D eigenvalue weighted by molar-refractivity contribution is 0.0948. The van der Waals surface area contributed by atoms with E-state index in [2.05, 4.69) is 10.4 Å². The second-order valence-corrected chi connectivity index (χ2v) is 4.65. The Bertz CT molecular complexity index is 745. The van der Waals surface area contributed by atoms with Gasteiger partial charge in [-0.05, 0) is 12.1 Å². The average molecular weight is 284 g/mol. The van der Waals surface area contributed by atoms with Gasteiger partial charge in [-0.15, -0.1) is 0 Å². The lowest BCUT2D eigenvalue weighted by Gasteiger charge is -2.07. The minimum atomic E-state index is -0.150. The van der Waals surface area contributed by atoms with Crippen LogP contribution >= 0.6 is 0 Å². The van der Waals surface area contributed by atoms with Crippen LogP contribution in [0.2, 0.25) is 0 Å². The Morgan fingerprint density at radius 3 is 2.90 bits per heavy atom. The van der Waals surface area contributed by atoms with E-state index in [9.17, 15) is 4.79 Å². The van der Waals surface area contributed by atoms with Crippen LogP contribution in [0, 0.1) is 0 Å². The summed E-state index contributed by atoms with van der Waals surface area (Å²) in [7, 11) is 1.88. The largest absolute Gasteiger partial charge is 0.492 e. The zero-order valence-corrected chi connectivity index (χ0v) is 11.7. The van der Waals surface area contributed by atoms with Gasteiger partial charge in [0.05, 0.1) is 12.7 Å². The average Bonchev–Trinajstić information content (AvgIpc) is 3.08. The van der Waals surface area contributed by atoms with Crippen LogP contribution in [0.25, 0.3) is 5.65 Å². The summed E-state index contributed by atoms with van der Waals surface area (Å²) in [5.41, 5.74) is 1.33. The first-order valence-electron chi connectivity index (χ1n) is 6.70. The number of benzene rings is 1. The van der Waals surface area contributed by atoms with Crippen molar-refractivity contribution in [2.45, 2.75) is 0 Å². The number of imidazole rings is 1. The molecule has 1 amide bonds. The van der Waals surface area contributed by atoms with Gasteiger partial charge in [0.1, 0.15) is 23.6 Å². The summed E-state index contributed by atoms with van der Waals surface area (Å²) >= 11 is 0. The van der Waals surface area contributed by atoms with Crippen LogP contribution in [0.4, 0.5) is 0 Å². The van der Waals surface area contributed by atoms with Gasteiger partial charge in [-0.3, -0.25) is 4.79 Å². The molecule has 21 heavy (non-hydrogen) atoms. The van der Waals surface area contributed by atoms with Crippen molar-refractivity contribution in [2.75, 3.05) is 13.2 Å². The Balaban J connectivity index is 1.56. The van der Waals surface area contributed by atoms with E-state index in [4.69, 9.17) is 4.74 Å². The molecule has 0 fully saturated rings. The van der Waals surface area contributed by atoms with E-state index < -0.39 is 0 Å². The number of carbonyl (C=O) groups is 1. The van der Waals surface area contributed by atoms with E-state index >= 15 is 0 Å². The van der Waals surface area contributed by atoms with Gasteiger partial charge in [-0.2, -0.15) is 5.10 Å². The minimum absolute atomic E-state index is 0.150. The first-order valence-corrected chi connectivity index (χ1v) is 6.70. The zero-order valence-electron chi connectivity index (χ0n) is 11.7. The summed E-state index contributed by atoms with van der Waals surface area (Å²) in [6, 6.07) is 9.51. The van der Waals surface area contributed by atoms with Crippen LogP contribution in [0.5, 0.6) is 5.75 Å². The molecule has 108 valence electrons. The maximum Gasteiger partial charge on any atom is 0.256 e. The molecule has 0 aliphatic rings. The molecular formula is C15H16N4O2. The fourth-order valence-corrected chi connectivity index (χ4v) is 2.16. The molecule has 0 spiro atoms. The minimum Gasteiger partial charge on any atom is -0.492 e. The predicted molar refractivity (Wildman–Crippen MR) is 78.4 cm³/mol. The van der Waals surface area contributed by atoms with Crippen LogP contribution in [-0.4, -0.2) is 33.2 Å². The van der Waals surface area contributed by atoms with Crippen molar-refractivity contribution >= 4 is 11.6 Å². The Labute approximate surface area is 121 Å². The molecule has 0 saturated heterocycles. The van der Waals surface area contributed by atoms with Gasteiger partial charge in [-0.25, -0.2) is 4.52 Å². The maximum absolute atomic E-state index is 12.1. The van der Waals surface area contributed by atoms with Crippen LogP contribution in [-0.2, 0) is 7.05 Å². The fourth-order valence-electron chi connectivity index (χ4n) is 2.16. The molecule has 3 rings (SSSR count). The number of nitrogens with zero attached hydrogens (tertiary/aromatic N) is 3. The monoisotopic (exact) mass is 284 g/mol. The van der Waals surface area contributed by atoms with Crippen LogP contribution in [0.15, 0.2) is 48.9 Å². The number of fused-ring (bicyclic) bond motifs is 1. The summed E-state index contributed by atoms with van der Waals surface area (Å²) in [5.74, 6) is 0.644. The van der Waals surface area contributed by atoms with E-state index in [0.29, 0.717) is 18.7 Å². The van der Waals surface area contributed by atoms with Gasteiger partial charge < -0.3 is 14.6 Å². The van der Waals surface area contributed by atoms with Gasteiger partial charge in [0.2, 0.25) is 0 Å². The van der Waals surface area contributed by atoms with Crippen molar-refractivity contribution in [1.29, 1.82) is 0 Å². The molecule has 0 bridgehead atoms. The molecule has 2 heterocycles. The van der Waals surface area contributed by atoms with Gasteiger partial charge in [0.15, 0.2) is 0 Å². The number of rotatable bonds is 5. The van der Waals surface area contributed by atoms with E-state index in [-0.39, 0.29) is 5.91 Å². The SMILES string of the molecule is Cn1ccn2ncc(C(=O)NCCOc3ccccc3)c12. The van der Waals surface area contributed by atoms with E-state index in [1.807, 2.05) is 54.3 Å². The number of aromatic nitrogens is 3. The molecule has 6 heteroatoms. The normalized spacial score (nSPS) is 10.7. The molecule has 3 aromatic rings. The second-order valence-electron chi connectivity index (χ2n) is 4.65. The summed E-state index contributed by atoms with van der Waals surface area (Å²) in [6.45, 7) is 0.864. The Hall–Kier alpha value is -2.76. The predicted octanol–water partition coefficient (Wildman–Crippen LogP) is 1.48. The van der Waals surface area contributed by atoms with E-state index in [0.717, 1.165) is 11.4 Å².